The molecular formula is C14H12N2S2. The zero-order chi connectivity index (χ0) is 12.5. The molecule has 2 aromatic rings. The van der Waals surface area contributed by atoms with E-state index in [1.165, 1.54) is 4.88 Å². The summed E-state index contributed by atoms with van der Waals surface area (Å²) in [5.74, 6) is 0. The van der Waals surface area contributed by atoms with Crippen molar-refractivity contribution in [3.63, 3.8) is 0 Å². The summed E-state index contributed by atoms with van der Waals surface area (Å²) >= 11 is 6.89. The van der Waals surface area contributed by atoms with Gasteiger partial charge in [-0.25, -0.2) is 4.99 Å². The predicted octanol–water partition coefficient (Wildman–Crippen LogP) is 3.69. The van der Waals surface area contributed by atoms with E-state index in [4.69, 9.17) is 17.2 Å². The molecule has 3 rings (SSSR count). The van der Waals surface area contributed by atoms with E-state index in [0.717, 1.165) is 17.1 Å². The van der Waals surface area contributed by atoms with Crippen LogP contribution in [0.2, 0.25) is 0 Å². The molecule has 90 valence electrons. The first kappa shape index (κ1) is 11.6. The van der Waals surface area contributed by atoms with Crippen molar-refractivity contribution in [2.75, 3.05) is 11.9 Å². The molecule has 4 heteroatoms. The van der Waals surface area contributed by atoms with E-state index in [9.17, 15) is 0 Å². The summed E-state index contributed by atoms with van der Waals surface area (Å²) in [5, 5.41) is 3.85. The molecule has 0 saturated heterocycles. The number of rotatable bonds is 2. The number of anilines is 1. The van der Waals surface area contributed by atoms with Gasteiger partial charge < -0.3 is 4.90 Å². The molecule has 1 unspecified atom stereocenters. The Bertz CT molecular complexity index is 602. The van der Waals surface area contributed by atoms with Gasteiger partial charge in [-0.05, 0) is 23.6 Å². The fourth-order valence-corrected chi connectivity index (χ4v) is 3.23. The predicted molar refractivity (Wildman–Crippen MR) is 82.8 cm³/mol. The molecule has 0 spiro atoms. The minimum Gasteiger partial charge on any atom is -0.360 e. The summed E-state index contributed by atoms with van der Waals surface area (Å²) in [6.07, 6.45) is 0. The van der Waals surface area contributed by atoms with E-state index in [1.807, 2.05) is 24.3 Å². The van der Waals surface area contributed by atoms with Crippen LogP contribution in [0.15, 0.2) is 46.8 Å². The first-order chi connectivity index (χ1) is 8.81. The van der Waals surface area contributed by atoms with Gasteiger partial charge in [-0.1, -0.05) is 30.4 Å². The third-order valence-corrected chi connectivity index (χ3v) is 4.25. The van der Waals surface area contributed by atoms with Crippen molar-refractivity contribution in [2.24, 2.45) is 4.99 Å². The molecule has 1 aromatic heterocycles. The minimum atomic E-state index is 0.0635. The van der Waals surface area contributed by atoms with Crippen molar-refractivity contribution in [3.8, 4) is 0 Å². The topological polar surface area (TPSA) is 15.6 Å². The van der Waals surface area contributed by atoms with E-state index < -0.39 is 0 Å². The summed E-state index contributed by atoms with van der Waals surface area (Å²) < 4.78 is 0. The maximum atomic E-state index is 5.19. The van der Waals surface area contributed by atoms with E-state index in [-0.39, 0.29) is 6.04 Å². The van der Waals surface area contributed by atoms with Crippen molar-refractivity contribution in [3.05, 3.63) is 46.7 Å². The molecular weight excluding hydrogens is 260 g/mol. The van der Waals surface area contributed by atoms with Crippen LogP contribution in [0.5, 0.6) is 0 Å². The molecule has 1 aromatic carbocycles. The van der Waals surface area contributed by atoms with E-state index in [1.54, 1.807) is 16.7 Å². The van der Waals surface area contributed by atoms with Crippen LogP contribution in [0, 0.1) is 0 Å². The van der Waals surface area contributed by atoms with Crippen molar-refractivity contribution >= 4 is 46.0 Å². The molecule has 2 nitrogen and oxygen atoms in total. The standard InChI is InChI=1S/C14H12N2S2/c1-16-11-6-3-2-5-10(11)15-14(12(16)9-17)13-7-4-8-18-13/h2-9,12H,1H3. The molecule has 18 heavy (non-hydrogen) atoms. The molecule has 0 saturated carbocycles. The van der Waals surface area contributed by atoms with E-state index in [0.29, 0.717) is 0 Å². The lowest BCUT2D eigenvalue weighted by molar-refractivity contribution is 0.967. The molecule has 1 atom stereocenters. The number of nitrogens with zero attached hydrogens (tertiary/aromatic N) is 2. The maximum Gasteiger partial charge on any atom is 0.101 e. The Balaban J connectivity index is 2.18. The number of hydrogen-bond acceptors (Lipinski definition) is 4. The molecule has 0 bridgehead atoms. The van der Waals surface area contributed by atoms with Gasteiger partial charge in [-0.2, -0.15) is 0 Å². The smallest absolute Gasteiger partial charge is 0.101 e. The summed E-state index contributed by atoms with van der Waals surface area (Å²) in [6.45, 7) is 0. The van der Waals surface area contributed by atoms with Crippen molar-refractivity contribution in [2.45, 2.75) is 6.04 Å². The van der Waals surface area contributed by atoms with Gasteiger partial charge >= 0.3 is 0 Å². The van der Waals surface area contributed by atoms with E-state index >= 15 is 0 Å². The molecule has 1 aliphatic heterocycles. The lowest BCUT2D eigenvalue weighted by Gasteiger charge is -2.32. The molecule has 0 N–H and O–H groups in total. The van der Waals surface area contributed by atoms with Crippen LogP contribution < -0.4 is 4.90 Å². The number of thiocarbonyl (C=S) groups is 1. The maximum absolute atomic E-state index is 5.19. The second-order valence-corrected chi connectivity index (χ2v) is 5.37. The largest absolute Gasteiger partial charge is 0.360 e. The highest BCUT2D eigenvalue weighted by Gasteiger charge is 2.27. The summed E-state index contributed by atoms with van der Waals surface area (Å²) in [5.41, 5.74) is 3.18. The van der Waals surface area contributed by atoms with Crippen molar-refractivity contribution in [1.82, 2.24) is 0 Å². The molecule has 0 radical (unpaired) electrons. The van der Waals surface area contributed by atoms with Crippen LogP contribution in [-0.4, -0.2) is 24.2 Å². The van der Waals surface area contributed by atoms with Crippen LogP contribution in [0.25, 0.3) is 0 Å². The molecule has 0 fully saturated rings. The summed E-state index contributed by atoms with van der Waals surface area (Å²) in [7, 11) is 2.06. The van der Waals surface area contributed by atoms with Crippen LogP contribution in [0.3, 0.4) is 0 Å². The summed E-state index contributed by atoms with van der Waals surface area (Å²) in [6, 6.07) is 12.4. The molecule has 2 heterocycles. The first-order valence-corrected chi connectivity index (χ1v) is 7.06. The van der Waals surface area contributed by atoms with Gasteiger partial charge in [0, 0.05) is 12.4 Å². The zero-order valence-corrected chi connectivity index (χ0v) is 11.5. The second kappa shape index (κ2) is 4.63. The number of benzene rings is 1. The summed E-state index contributed by atoms with van der Waals surface area (Å²) in [4.78, 5) is 8.15. The van der Waals surface area contributed by atoms with Gasteiger partial charge in [0.15, 0.2) is 0 Å². The highest BCUT2D eigenvalue weighted by Crippen LogP contribution is 2.34. The SMILES string of the molecule is CN1c2ccccc2N=C(c2cccs2)C1C=S. The third-order valence-electron chi connectivity index (χ3n) is 3.10. The normalized spacial score (nSPS) is 18.2. The average molecular weight is 272 g/mol. The van der Waals surface area contributed by atoms with Gasteiger partial charge in [-0.3, -0.25) is 0 Å². The number of likely N-dealkylation sites (N-methyl/N-ethyl adjacent to an activating group) is 1. The quantitative estimate of drug-likeness (QED) is 0.775. The van der Waals surface area contributed by atoms with Crippen LogP contribution in [0.4, 0.5) is 11.4 Å². The number of hydrogen-bond donors (Lipinski definition) is 0. The molecule has 0 aliphatic carbocycles. The van der Waals surface area contributed by atoms with Gasteiger partial charge in [0.1, 0.15) is 6.04 Å². The van der Waals surface area contributed by atoms with Gasteiger partial charge in [0.25, 0.3) is 0 Å². The zero-order valence-electron chi connectivity index (χ0n) is 9.91. The van der Waals surface area contributed by atoms with Gasteiger partial charge in [0.2, 0.25) is 0 Å². The van der Waals surface area contributed by atoms with Crippen molar-refractivity contribution < 1.29 is 0 Å². The van der Waals surface area contributed by atoms with Crippen molar-refractivity contribution in [1.29, 1.82) is 0 Å². The Kier molecular flexibility index (Phi) is 2.97. The number of aliphatic imine (C=N–C) groups is 1. The fourth-order valence-electron chi connectivity index (χ4n) is 2.17. The number of para-hydroxylation sites is 2. The Hall–Kier alpha value is -1.52. The number of thiophene rings is 1. The molecule has 1 aliphatic rings. The van der Waals surface area contributed by atoms with Crippen LogP contribution in [-0.2, 0) is 0 Å². The fraction of sp³-hybridized carbons (Fsp3) is 0.143. The Morgan fingerprint density at radius 2 is 2.11 bits per heavy atom. The minimum absolute atomic E-state index is 0.0635. The van der Waals surface area contributed by atoms with Crippen LogP contribution >= 0.6 is 23.6 Å². The Morgan fingerprint density at radius 1 is 1.28 bits per heavy atom. The number of fused-ring (bicyclic) bond motifs is 1. The van der Waals surface area contributed by atoms with Gasteiger partial charge in [-0.15, -0.1) is 11.3 Å². The average Bonchev–Trinajstić information content (AvgIpc) is 2.92. The third kappa shape index (κ3) is 1.78. The second-order valence-electron chi connectivity index (χ2n) is 4.15. The van der Waals surface area contributed by atoms with Crippen LogP contribution in [0.1, 0.15) is 4.88 Å². The lowest BCUT2D eigenvalue weighted by atomic mass is 10.1. The highest BCUT2D eigenvalue weighted by atomic mass is 32.1. The first-order valence-electron chi connectivity index (χ1n) is 5.71. The monoisotopic (exact) mass is 272 g/mol. The Labute approximate surface area is 116 Å². The molecule has 0 amide bonds. The van der Waals surface area contributed by atoms with E-state index in [2.05, 4.69) is 29.5 Å². The van der Waals surface area contributed by atoms with Gasteiger partial charge in [0.05, 0.1) is 22.0 Å². The lowest BCUT2D eigenvalue weighted by Crippen LogP contribution is -2.41. The Morgan fingerprint density at radius 3 is 2.83 bits per heavy atom. The highest BCUT2D eigenvalue weighted by molar-refractivity contribution is 7.79.